The number of rotatable bonds is 2. The van der Waals surface area contributed by atoms with Crippen molar-refractivity contribution in [3.8, 4) is 0 Å². The smallest absolute Gasteiger partial charge is 1.00 e. The van der Waals surface area contributed by atoms with Crippen LogP contribution in [-0.2, 0) is 0 Å². The van der Waals surface area contributed by atoms with Crippen molar-refractivity contribution in [1.29, 1.82) is 0 Å². The van der Waals surface area contributed by atoms with Gasteiger partial charge in [0.15, 0.2) is 0 Å². The van der Waals surface area contributed by atoms with E-state index >= 15 is 0 Å². The van der Waals surface area contributed by atoms with Crippen LogP contribution in [-0.4, -0.2) is 29.7 Å². The standard InChI is InChI=1S/C4H8F.BrH.Mg/c1-2-3-4-5;;/h1-4H2;1H;/q-1;;+2/p-1. The van der Waals surface area contributed by atoms with E-state index in [1.807, 2.05) is 0 Å². The molecule has 0 aromatic carbocycles. The van der Waals surface area contributed by atoms with Crippen LogP contribution in [0.2, 0.25) is 0 Å². The Kier molecular flexibility index (Phi) is 35.2. The molecule has 0 aromatic rings. The first-order valence-electron chi connectivity index (χ1n) is 1.77. The van der Waals surface area contributed by atoms with Gasteiger partial charge in [-0.15, -0.1) is 0 Å². The zero-order valence-electron chi connectivity index (χ0n) is 4.29. The number of hydrogen-bond donors (Lipinski definition) is 0. The summed E-state index contributed by atoms with van der Waals surface area (Å²) in [6.45, 7) is 3.22. The maximum absolute atomic E-state index is 11.0. The average molecular weight is 179 g/mol. The average Bonchev–Trinajstić information content (AvgIpc) is 1.41. The van der Waals surface area contributed by atoms with Gasteiger partial charge in [0.2, 0.25) is 0 Å². The van der Waals surface area contributed by atoms with E-state index in [-0.39, 0.29) is 46.7 Å². The van der Waals surface area contributed by atoms with Gasteiger partial charge in [-0.05, 0) is 0 Å². The Morgan fingerprint density at radius 3 is 1.86 bits per heavy atom. The maximum atomic E-state index is 11.0. The van der Waals surface area contributed by atoms with Crippen LogP contribution in [0.4, 0.5) is 4.39 Å². The molecule has 0 aliphatic carbocycles. The minimum atomic E-state index is -0.219. The van der Waals surface area contributed by atoms with Gasteiger partial charge in [-0.25, -0.2) is 0 Å². The molecule has 0 saturated carbocycles. The molecule has 0 saturated heterocycles. The van der Waals surface area contributed by atoms with E-state index in [2.05, 4.69) is 6.92 Å². The van der Waals surface area contributed by atoms with Gasteiger partial charge in [0.25, 0.3) is 0 Å². The van der Waals surface area contributed by atoms with Crippen molar-refractivity contribution in [1.82, 2.24) is 0 Å². The van der Waals surface area contributed by atoms with Gasteiger partial charge in [-0.3, -0.25) is 4.39 Å². The normalized spacial score (nSPS) is 6.00. The van der Waals surface area contributed by atoms with Crippen LogP contribution >= 0.6 is 0 Å². The topological polar surface area (TPSA) is 0 Å². The van der Waals surface area contributed by atoms with Gasteiger partial charge in [-0.1, -0.05) is 6.42 Å². The molecular formula is C4H8BrFMg. The fourth-order valence-electron chi connectivity index (χ4n) is 0.0945. The Labute approximate surface area is 70.8 Å². The van der Waals surface area contributed by atoms with Gasteiger partial charge in [0.05, 0.1) is 6.67 Å². The molecule has 0 N–H and O–H groups in total. The molecule has 0 nitrogen and oxygen atoms in total. The molecule has 0 heterocycles. The summed E-state index contributed by atoms with van der Waals surface area (Å²) in [5.74, 6) is 0. The molecule has 7 heavy (non-hydrogen) atoms. The third-order valence-electron chi connectivity index (χ3n) is 0.384. The van der Waals surface area contributed by atoms with E-state index < -0.39 is 0 Å². The molecule has 0 rings (SSSR count). The summed E-state index contributed by atoms with van der Waals surface area (Å²) < 4.78 is 11.0. The minimum absolute atomic E-state index is 0. The van der Waals surface area contributed by atoms with Crippen molar-refractivity contribution in [2.75, 3.05) is 6.67 Å². The summed E-state index contributed by atoms with van der Waals surface area (Å²) >= 11 is 0. The Hall–Kier alpha value is 1.18. The molecule has 3 heteroatoms. The second-order valence-electron chi connectivity index (χ2n) is 0.896. The van der Waals surface area contributed by atoms with Gasteiger partial charge in [-0.2, -0.15) is 6.42 Å². The summed E-state index contributed by atoms with van der Waals surface area (Å²) in [5.41, 5.74) is 0. The second-order valence-corrected chi connectivity index (χ2v) is 0.896. The van der Waals surface area contributed by atoms with Crippen molar-refractivity contribution >= 4 is 23.1 Å². The number of alkyl halides is 1. The minimum Gasteiger partial charge on any atom is -1.00 e. The zero-order chi connectivity index (χ0) is 4.12. The molecule has 0 radical (unpaired) electrons. The summed E-state index contributed by atoms with van der Waals surface area (Å²) in [5, 5.41) is 0. The Bertz CT molecular complexity index is 19.2. The second kappa shape index (κ2) is 15.7. The first-order valence-corrected chi connectivity index (χ1v) is 1.77. The molecule has 0 fully saturated rings. The van der Waals surface area contributed by atoms with Crippen LogP contribution in [0.15, 0.2) is 0 Å². The fraction of sp³-hybridized carbons (Fsp3) is 0.750. The third kappa shape index (κ3) is 19.1. The van der Waals surface area contributed by atoms with Crippen LogP contribution in [0, 0.1) is 6.92 Å². The van der Waals surface area contributed by atoms with Gasteiger partial charge < -0.3 is 23.9 Å². The van der Waals surface area contributed by atoms with Crippen molar-refractivity contribution in [2.24, 2.45) is 0 Å². The van der Waals surface area contributed by atoms with Crippen molar-refractivity contribution < 1.29 is 21.4 Å². The van der Waals surface area contributed by atoms with E-state index in [0.717, 1.165) is 6.42 Å². The third-order valence-corrected chi connectivity index (χ3v) is 0.384. The predicted octanol–water partition coefficient (Wildman–Crippen LogP) is -1.81. The molecule has 0 atom stereocenters. The molecule has 0 spiro atoms. The molecule has 40 valence electrons. The molecule has 0 bridgehead atoms. The summed E-state index contributed by atoms with van der Waals surface area (Å²) in [7, 11) is 0. The molecule has 0 amide bonds. The molecule has 0 aliphatic heterocycles. The predicted molar refractivity (Wildman–Crippen MR) is 26.3 cm³/mol. The maximum Gasteiger partial charge on any atom is 2.00 e. The monoisotopic (exact) mass is 178 g/mol. The molecule has 0 aliphatic rings. The largest absolute Gasteiger partial charge is 2.00 e. The summed E-state index contributed by atoms with van der Waals surface area (Å²) in [6, 6.07) is 0. The first kappa shape index (κ1) is 15.7. The first-order chi connectivity index (χ1) is 2.41. The van der Waals surface area contributed by atoms with Crippen molar-refractivity contribution in [3.63, 3.8) is 0 Å². The van der Waals surface area contributed by atoms with E-state index in [4.69, 9.17) is 0 Å². The Morgan fingerprint density at radius 2 is 1.86 bits per heavy atom. The van der Waals surface area contributed by atoms with E-state index in [0.29, 0.717) is 6.42 Å². The van der Waals surface area contributed by atoms with E-state index in [1.165, 1.54) is 0 Å². The van der Waals surface area contributed by atoms with Gasteiger partial charge >= 0.3 is 23.1 Å². The van der Waals surface area contributed by atoms with Crippen LogP contribution in [0.5, 0.6) is 0 Å². The van der Waals surface area contributed by atoms with Crippen LogP contribution in [0.1, 0.15) is 12.8 Å². The fourth-order valence-corrected chi connectivity index (χ4v) is 0.0945. The molecule has 0 unspecified atom stereocenters. The van der Waals surface area contributed by atoms with Crippen LogP contribution in [0.3, 0.4) is 0 Å². The SMILES string of the molecule is [Br-].[CH2-]CCCF.[Mg+2]. The number of halogens is 2. The van der Waals surface area contributed by atoms with E-state index in [1.54, 1.807) is 0 Å². The van der Waals surface area contributed by atoms with Crippen LogP contribution in [0.25, 0.3) is 0 Å². The van der Waals surface area contributed by atoms with Gasteiger partial charge in [0.1, 0.15) is 0 Å². The van der Waals surface area contributed by atoms with Crippen molar-refractivity contribution in [3.05, 3.63) is 6.92 Å². The summed E-state index contributed by atoms with van der Waals surface area (Å²) in [6.07, 6.45) is 1.33. The van der Waals surface area contributed by atoms with E-state index in [9.17, 15) is 4.39 Å². The number of unbranched alkanes of at least 4 members (excludes halogenated alkanes) is 1. The quantitative estimate of drug-likeness (QED) is 0.346. The Morgan fingerprint density at radius 1 is 1.43 bits per heavy atom. The van der Waals surface area contributed by atoms with Gasteiger partial charge in [0, 0.05) is 0 Å². The number of hydrogen-bond acceptors (Lipinski definition) is 0. The van der Waals surface area contributed by atoms with Crippen LogP contribution < -0.4 is 17.0 Å². The molecular weight excluding hydrogens is 171 g/mol. The van der Waals surface area contributed by atoms with Crippen molar-refractivity contribution in [2.45, 2.75) is 12.8 Å². The Balaban J connectivity index is -0.0000000800. The molecule has 0 aromatic heterocycles. The summed E-state index contributed by atoms with van der Waals surface area (Å²) in [4.78, 5) is 0. The zero-order valence-corrected chi connectivity index (χ0v) is 7.29.